The highest BCUT2D eigenvalue weighted by Gasteiger charge is 2.18. The van der Waals surface area contributed by atoms with Crippen LogP contribution >= 0.6 is 0 Å². The Hall–Kier alpha value is -3.07. The maximum absolute atomic E-state index is 12.6. The van der Waals surface area contributed by atoms with Gasteiger partial charge in [-0.25, -0.2) is 0 Å². The second-order valence-corrected chi connectivity index (χ2v) is 6.39. The van der Waals surface area contributed by atoms with Crippen LogP contribution in [-0.4, -0.2) is 5.91 Å². The third kappa shape index (κ3) is 2.78. The van der Waals surface area contributed by atoms with Crippen molar-refractivity contribution in [2.24, 2.45) is 0 Å². The van der Waals surface area contributed by atoms with Crippen molar-refractivity contribution in [2.45, 2.75) is 20.4 Å². The van der Waals surface area contributed by atoms with Crippen LogP contribution in [0.3, 0.4) is 0 Å². The summed E-state index contributed by atoms with van der Waals surface area (Å²) in [7, 11) is 0. The predicted molar refractivity (Wildman–Crippen MR) is 101 cm³/mol. The SMILES string of the molecule is Cc1ccc(CNC(=O)c2oc3c(ccc4ccccc43)c2C)cc1. The van der Waals surface area contributed by atoms with Crippen molar-refractivity contribution in [2.75, 3.05) is 0 Å². The molecule has 4 rings (SSSR count). The molecule has 1 amide bonds. The van der Waals surface area contributed by atoms with Gasteiger partial charge in [0.25, 0.3) is 5.91 Å². The van der Waals surface area contributed by atoms with E-state index in [0.29, 0.717) is 12.3 Å². The van der Waals surface area contributed by atoms with Crippen molar-refractivity contribution >= 4 is 27.6 Å². The van der Waals surface area contributed by atoms with Crippen LogP contribution in [0, 0.1) is 13.8 Å². The van der Waals surface area contributed by atoms with Crippen LogP contribution in [0.2, 0.25) is 0 Å². The third-order valence-electron chi connectivity index (χ3n) is 4.61. The summed E-state index contributed by atoms with van der Waals surface area (Å²) in [6, 6.07) is 20.3. The smallest absolute Gasteiger partial charge is 0.287 e. The minimum absolute atomic E-state index is 0.182. The van der Waals surface area contributed by atoms with Gasteiger partial charge in [-0.3, -0.25) is 4.79 Å². The van der Waals surface area contributed by atoms with Gasteiger partial charge in [0.05, 0.1) is 0 Å². The fourth-order valence-corrected chi connectivity index (χ4v) is 3.13. The number of amides is 1. The molecule has 3 aromatic carbocycles. The number of furan rings is 1. The lowest BCUT2D eigenvalue weighted by Crippen LogP contribution is -2.22. The van der Waals surface area contributed by atoms with E-state index in [9.17, 15) is 4.79 Å². The average Bonchev–Trinajstić information content (AvgIpc) is 2.98. The molecule has 0 aliphatic heterocycles. The van der Waals surface area contributed by atoms with Crippen molar-refractivity contribution in [1.29, 1.82) is 0 Å². The lowest BCUT2D eigenvalue weighted by molar-refractivity contribution is 0.0924. The Bertz CT molecular complexity index is 1070. The van der Waals surface area contributed by atoms with Gasteiger partial charge in [-0.2, -0.15) is 0 Å². The summed E-state index contributed by atoms with van der Waals surface area (Å²) >= 11 is 0. The molecule has 0 aliphatic carbocycles. The molecule has 3 heteroatoms. The second kappa shape index (κ2) is 6.10. The lowest BCUT2D eigenvalue weighted by atomic mass is 10.1. The van der Waals surface area contributed by atoms with Crippen molar-refractivity contribution < 1.29 is 9.21 Å². The van der Waals surface area contributed by atoms with Crippen LogP contribution in [0.15, 0.2) is 65.1 Å². The summed E-state index contributed by atoms with van der Waals surface area (Å²) in [6.45, 7) is 4.46. The number of hydrogen-bond acceptors (Lipinski definition) is 2. The first kappa shape index (κ1) is 15.5. The molecule has 124 valence electrons. The molecule has 0 atom stereocenters. The minimum atomic E-state index is -0.182. The number of rotatable bonds is 3. The third-order valence-corrected chi connectivity index (χ3v) is 4.61. The van der Waals surface area contributed by atoms with Crippen molar-refractivity contribution in [1.82, 2.24) is 5.32 Å². The molecule has 1 N–H and O–H groups in total. The van der Waals surface area contributed by atoms with Gasteiger partial charge < -0.3 is 9.73 Å². The Balaban J connectivity index is 1.66. The Kier molecular flexibility index (Phi) is 3.77. The molecule has 4 aromatic rings. The van der Waals surface area contributed by atoms with Crippen molar-refractivity contribution in [3.63, 3.8) is 0 Å². The zero-order valence-electron chi connectivity index (χ0n) is 14.3. The van der Waals surface area contributed by atoms with Gasteiger partial charge >= 0.3 is 0 Å². The van der Waals surface area contributed by atoms with Gasteiger partial charge in [0, 0.05) is 22.9 Å². The highest BCUT2D eigenvalue weighted by Crippen LogP contribution is 2.31. The highest BCUT2D eigenvalue weighted by molar-refractivity contribution is 6.08. The van der Waals surface area contributed by atoms with Crippen LogP contribution < -0.4 is 5.32 Å². The lowest BCUT2D eigenvalue weighted by Gasteiger charge is -2.04. The van der Waals surface area contributed by atoms with Gasteiger partial charge in [-0.15, -0.1) is 0 Å². The summed E-state index contributed by atoms with van der Waals surface area (Å²) in [5.41, 5.74) is 3.92. The molecule has 0 spiro atoms. The van der Waals surface area contributed by atoms with E-state index in [2.05, 4.69) is 11.4 Å². The molecule has 0 unspecified atom stereocenters. The van der Waals surface area contributed by atoms with Crippen LogP contribution in [0.25, 0.3) is 21.7 Å². The fraction of sp³-hybridized carbons (Fsp3) is 0.136. The first-order chi connectivity index (χ1) is 12.1. The summed E-state index contributed by atoms with van der Waals surface area (Å²) in [4.78, 5) is 12.6. The predicted octanol–water partition coefficient (Wildman–Crippen LogP) is 5.13. The highest BCUT2D eigenvalue weighted by atomic mass is 16.3. The van der Waals surface area contributed by atoms with Gasteiger partial charge in [0.2, 0.25) is 0 Å². The maximum atomic E-state index is 12.6. The van der Waals surface area contributed by atoms with Crippen molar-refractivity contribution in [3.8, 4) is 0 Å². The number of nitrogens with one attached hydrogen (secondary N) is 1. The van der Waals surface area contributed by atoms with E-state index in [0.717, 1.165) is 32.9 Å². The fourth-order valence-electron chi connectivity index (χ4n) is 3.13. The number of carbonyl (C=O) groups is 1. The summed E-state index contributed by atoms with van der Waals surface area (Å²) < 4.78 is 5.97. The molecule has 3 nitrogen and oxygen atoms in total. The van der Waals surface area contributed by atoms with Crippen LogP contribution in [0.1, 0.15) is 27.2 Å². The average molecular weight is 329 g/mol. The Morgan fingerprint density at radius 2 is 1.68 bits per heavy atom. The van der Waals surface area contributed by atoms with Crippen LogP contribution in [0.5, 0.6) is 0 Å². The maximum Gasteiger partial charge on any atom is 0.287 e. The van der Waals surface area contributed by atoms with E-state index in [1.807, 2.05) is 68.4 Å². The van der Waals surface area contributed by atoms with E-state index in [1.165, 1.54) is 5.56 Å². The number of fused-ring (bicyclic) bond motifs is 3. The summed E-state index contributed by atoms with van der Waals surface area (Å²) in [5, 5.41) is 6.07. The quantitative estimate of drug-likeness (QED) is 0.566. The normalized spacial score (nSPS) is 11.1. The van der Waals surface area contributed by atoms with E-state index >= 15 is 0 Å². The molecule has 1 aromatic heterocycles. The molecule has 0 saturated carbocycles. The zero-order valence-corrected chi connectivity index (χ0v) is 14.3. The van der Waals surface area contributed by atoms with Gasteiger partial charge in [-0.05, 0) is 24.8 Å². The van der Waals surface area contributed by atoms with Crippen molar-refractivity contribution in [3.05, 3.63) is 83.1 Å². The zero-order chi connectivity index (χ0) is 17.4. The molecule has 0 aliphatic rings. The van der Waals surface area contributed by atoms with Crippen LogP contribution in [-0.2, 0) is 6.54 Å². The molecule has 0 saturated heterocycles. The topological polar surface area (TPSA) is 42.2 Å². The number of benzene rings is 3. The molecular weight excluding hydrogens is 310 g/mol. The number of carbonyl (C=O) groups excluding carboxylic acids is 1. The molecule has 25 heavy (non-hydrogen) atoms. The minimum Gasteiger partial charge on any atom is -0.450 e. The first-order valence-corrected chi connectivity index (χ1v) is 8.38. The van der Waals surface area contributed by atoms with Gasteiger partial charge in [0.1, 0.15) is 5.58 Å². The van der Waals surface area contributed by atoms with E-state index in [1.54, 1.807) is 0 Å². The number of aryl methyl sites for hydroxylation is 2. The molecule has 0 bridgehead atoms. The summed E-state index contributed by atoms with van der Waals surface area (Å²) in [5.74, 6) is 0.205. The van der Waals surface area contributed by atoms with E-state index < -0.39 is 0 Å². The molecular formula is C22H19NO2. The monoisotopic (exact) mass is 329 g/mol. The number of hydrogen-bond donors (Lipinski definition) is 1. The largest absolute Gasteiger partial charge is 0.450 e. The standard InChI is InChI=1S/C22H19NO2/c1-14-7-9-16(10-8-14)13-23-22(24)20-15(2)18-12-11-17-5-3-4-6-19(17)21(18)25-20/h3-12H,13H2,1-2H3,(H,23,24). The van der Waals surface area contributed by atoms with E-state index in [4.69, 9.17) is 4.42 Å². The van der Waals surface area contributed by atoms with E-state index in [-0.39, 0.29) is 5.91 Å². The summed E-state index contributed by atoms with van der Waals surface area (Å²) in [6.07, 6.45) is 0. The van der Waals surface area contributed by atoms with Gasteiger partial charge in [0.15, 0.2) is 5.76 Å². The molecule has 1 heterocycles. The second-order valence-electron chi connectivity index (χ2n) is 6.39. The first-order valence-electron chi connectivity index (χ1n) is 8.38. The van der Waals surface area contributed by atoms with Gasteiger partial charge in [-0.1, -0.05) is 66.2 Å². The van der Waals surface area contributed by atoms with Crippen LogP contribution in [0.4, 0.5) is 0 Å². The Morgan fingerprint density at radius 3 is 2.48 bits per heavy atom. The Labute approximate surface area is 146 Å². The Morgan fingerprint density at radius 1 is 0.920 bits per heavy atom. The molecule has 0 radical (unpaired) electrons. The molecule has 0 fully saturated rings.